The molecule has 1 amide bonds. The van der Waals surface area contributed by atoms with Crippen molar-refractivity contribution in [3.8, 4) is 0 Å². The molecule has 0 saturated carbocycles. The monoisotopic (exact) mass is 276 g/mol. The topological polar surface area (TPSA) is 71.2 Å². The number of pyridine rings is 1. The lowest BCUT2D eigenvalue weighted by molar-refractivity contribution is -0.117. The summed E-state index contributed by atoms with van der Waals surface area (Å²) in [6.45, 7) is 4.10. The largest absolute Gasteiger partial charge is 0.355 e. The van der Waals surface area contributed by atoms with Crippen LogP contribution in [0.2, 0.25) is 0 Å². The van der Waals surface area contributed by atoms with Gasteiger partial charge in [-0.1, -0.05) is 19.8 Å². The van der Waals surface area contributed by atoms with Crippen molar-refractivity contribution in [1.82, 2.24) is 4.98 Å². The highest BCUT2D eigenvalue weighted by molar-refractivity contribution is 5.97. The first kappa shape index (κ1) is 14.8. The van der Waals surface area contributed by atoms with Crippen molar-refractivity contribution >= 4 is 17.4 Å². The molecule has 1 atom stereocenters. The van der Waals surface area contributed by atoms with Gasteiger partial charge in [-0.25, -0.2) is 4.98 Å². The summed E-state index contributed by atoms with van der Waals surface area (Å²) >= 11 is 0. The molecule has 0 spiro atoms. The number of rotatable bonds is 6. The number of carbonyl (C=O) groups is 1. The van der Waals surface area contributed by atoms with Gasteiger partial charge in [0.2, 0.25) is 5.91 Å². The van der Waals surface area contributed by atoms with Crippen LogP contribution in [0.3, 0.4) is 0 Å². The van der Waals surface area contributed by atoms with E-state index in [0.29, 0.717) is 0 Å². The van der Waals surface area contributed by atoms with Gasteiger partial charge in [-0.05, 0) is 31.4 Å². The van der Waals surface area contributed by atoms with Crippen LogP contribution in [0.5, 0.6) is 0 Å². The highest BCUT2D eigenvalue weighted by atomic mass is 16.2. The SMILES string of the molecule is CCCCC(N)C(=O)Nc1cccnc1N1CCCC1. The Morgan fingerprint density at radius 2 is 2.25 bits per heavy atom. The van der Waals surface area contributed by atoms with E-state index in [2.05, 4.69) is 22.1 Å². The summed E-state index contributed by atoms with van der Waals surface area (Å²) in [4.78, 5) is 18.7. The summed E-state index contributed by atoms with van der Waals surface area (Å²) in [7, 11) is 0. The van der Waals surface area contributed by atoms with E-state index in [-0.39, 0.29) is 5.91 Å². The minimum absolute atomic E-state index is 0.119. The molecule has 1 unspecified atom stereocenters. The summed E-state index contributed by atoms with van der Waals surface area (Å²) in [6.07, 6.45) is 6.87. The first-order chi connectivity index (χ1) is 9.72. The number of nitrogens with two attached hydrogens (primary N) is 1. The Morgan fingerprint density at radius 3 is 2.95 bits per heavy atom. The van der Waals surface area contributed by atoms with Gasteiger partial charge in [0.05, 0.1) is 11.7 Å². The van der Waals surface area contributed by atoms with E-state index in [0.717, 1.165) is 43.9 Å². The fourth-order valence-electron chi connectivity index (χ4n) is 2.46. The third-order valence-electron chi connectivity index (χ3n) is 3.66. The summed E-state index contributed by atoms with van der Waals surface area (Å²) in [5.41, 5.74) is 6.68. The van der Waals surface area contributed by atoms with Crippen molar-refractivity contribution in [2.75, 3.05) is 23.3 Å². The third kappa shape index (κ3) is 3.70. The number of amides is 1. The van der Waals surface area contributed by atoms with E-state index in [1.165, 1.54) is 12.8 Å². The van der Waals surface area contributed by atoms with Gasteiger partial charge in [0.1, 0.15) is 0 Å². The van der Waals surface area contributed by atoms with Crippen molar-refractivity contribution < 1.29 is 4.79 Å². The molecular weight excluding hydrogens is 252 g/mol. The highest BCUT2D eigenvalue weighted by Gasteiger charge is 2.19. The molecule has 110 valence electrons. The number of hydrogen-bond donors (Lipinski definition) is 2. The number of unbranched alkanes of at least 4 members (excludes halogenated alkanes) is 1. The zero-order chi connectivity index (χ0) is 14.4. The van der Waals surface area contributed by atoms with E-state index in [1.54, 1.807) is 6.20 Å². The molecule has 1 aliphatic heterocycles. The second-order valence-electron chi connectivity index (χ2n) is 5.31. The first-order valence-corrected chi connectivity index (χ1v) is 7.48. The molecule has 2 rings (SSSR count). The number of hydrogen-bond acceptors (Lipinski definition) is 4. The molecular formula is C15H24N4O. The minimum Gasteiger partial charge on any atom is -0.355 e. The van der Waals surface area contributed by atoms with Crippen LogP contribution in [0.4, 0.5) is 11.5 Å². The molecule has 1 saturated heterocycles. The van der Waals surface area contributed by atoms with Gasteiger partial charge in [-0.3, -0.25) is 4.79 Å². The molecule has 1 fully saturated rings. The number of carbonyl (C=O) groups excluding carboxylic acids is 1. The Balaban J connectivity index is 2.03. The van der Waals surface area contributed by atoms with Crippen LogP contribution in [0, 0.1) is 0 Å². The second-order valence-corrected chi connectivity index (χ2v) is 5.31. The molecule has 1 aromatic rings. The van der Waals surface area contributed by atoms with Crippen LogP contribution in [0.15, 0.2) is 18.3 Å². The van der Waals surface area contributed by atoms with E-state index >= 15 is 0 Å². The lowest BCUT2D eigenvalue weighted by atomic mass is 10.1. The van der Waals surface area contributed by atoms with E-state index < -0.39 is 6.04 Å². The molecule has 0 aromatic carbocycles. The average Bonchev–Trinajstić information content (AvgIpc) is 2.99. The molecule has 1 aromatic heterocycles. The molecule has 0 aliphatic carbocycles. The van der Waals surface area contributed by atoms with Crippen LogP contribution >= 0.6 is 0 Å². The van der Waals surface area contributed by atoms with Crippen LogP contribution in [-0.4, -0.2) is 30.0 Å². The molecule has 5 nitrogen and oxygen atoms in total. The zero-order valence-corrected chi connectivity index (χ0v) is 12.1. The minimum atomic E-state index is -0.443. The van der Waals surface area contributed by atoms with Crippen LogP contribution < -0.4 is 16.0 Å². The summed E-state index contributed by atoms with van der Waals surface area (Å²) in [5, 5.41) is 2.93. The Kier molecular flexibility index (Phi) is 5.35. The lowest BCUT2D eigenvalue weighted by Crippen LogP contribution is -2.36. The Morgan fingerprint density at radius 1 is 1.50 bits per heavy atom. The van der Waals surface area contributed by atoms with E-state index in [4.69, 9.17) is 5.73 Å². The molecule has 1 aliphatic rings. The van der Waals surface area contributed by atoms with Crippen LogP contribution in [-0.2, 0) is 4.79 Å². The summed E-state index contributed by atoms with van der Waals surface area (Å²) in [6, 6.07) is 3.29. The van der Waals surface area contributed by atoms with Gasteiger partial charge >= 0.3 is 0 Å². The van der Waals surface area contributed by atoms with Crippen molar-refractivity contribution in [2.24, 2.45) is 5.73 Å². The molecule has 0 radical (unpaired) electrons. The van der Waals surface area contributed by atoms with Gasteiger partial charge in [0.25, 0.3) is 0 Å². The molecule has 3 N–H and O–H groups in total. The molecule has 5 heteroatoms. The maximum Gasteiger partial charge on any atom is 0.241 e. The lowest BCUT2D eigenvalue weighted by Gasteiger charge is -2.21. The second kappa shape index (κ2) is 7.24. The van der Waals surface area contributed by atoms with Crippen molar-refractivity contribution in [3.05, 3.63) is 18.3 Å². The molecule has 20 heavy (non-hydrogen) atoms. The number of aromatic nitrogens is 1. The standard InChI is InChI=1S/C15H24N4O/c1-2-3-7-12(16)15(20)18-13-8-6-9-17-14(13)19-10-4-5-11-19/h6,8-9,12H,2-5,7,10-11,16H2,1H3,(H,18,20). The summed E-state index contributed by atoms with van der Waals surface area (Å²) < 4.78 is 0. The van der Waals surface area contributed by atoms with E-state index in [9.17, 15) is 4.79 Å². The van der Waals surface area contributed by atoms with Crippen molar-refractivity contribution in [3.63, 3.8) is 0 Å². The predicted octanol–water partition coefficient (Wildman–Crippen LogP) is 2.14. The predicted molar refractivity (Wildman–Crippen MR) is 81.8 cm³/mol. The molecule has 2 heterocycles. The zero-order valence-electron chi connectivity index (χ0n) is 12.1. The smallest absolute Gasteiger partial charge is 0.241 e. The molecule has 0 bridgehead atoms. The normalized spacial score (nSPS) is 16.2. The van der Waals surface area contributed by atoms with Crippen LogP contribution in [0.25, 0.3) is 0 Å². The van der Waals surface area contributed by atoms with Gasteiger partial charge in [0.15, 0.2) is 5.82 Å². The van der Waals surface area contributed by atoms with Crippen molar-refractivity contribution in [2.45, 2.75) is 45.1 Å². The number of nitrogens with zero attached hydrogens (tertiary/aromatic N) is 2. The Labute approximate surface area is 120 Å². The van der Waals surface area contributed by atoms with Gasteiger partial charge < -0.3 is 16.0 Å². The maximum atomic E-state index is 12.1. The van der Waals surface area contributed by atoms with E-state index in [1.807, 2.05) is 12.1 Å². The maximum absolute atomic E-state index is 12.1. The van der Waals surface area contributed by atoms with Gasteiger partial charge in [-0.15, -0.1) is 0 Å². The quantitative estimate of drug-likeness (QED) is 0.835. The first-order valence-electron chi connectivity index (χ1n) is 7.48. The highest BCUT2D eigenvalue weighted by Crippen LogP contribution is 2.26. The van der Waals surface area contributed by atoms with Gasteiger partial charge in [-0.2, -0.15) is 0 Å². The fraction of sp³-hybridized carbons (Fsp3) is 0.600. The Bertz CT molecular complexity index is 443. The summed E-state index contributed by atoms with van der Waals surface area (Å²) in [5.74, 6) is 0.743. The number of nitrogens with one attached hydrogen (secondary N) is 1. The Hall–Kier alpha value is -1.62. The van der Waals surface area contributed by atoms with Crippen molar-refractivity contribution in [1.29, 1.82) is 0 Å². The number of anilines is 2. The van der Waals surface area contributed by atoms with Gasteiger partial charge in [0, 0.05) is 19.3 Å². The average molecular weight is 276 g/mol. The third-order valence-corrected chi connectivity index (χ3v) is 3.66. The van der Waals surface area contributed by atoms with Crippen LogP contribution in [0.1, 0.15) is 39.0 Å². The fourth-order valence-corrected chi connectivity index (χ4v) is 2.46.